The highest BCUT2D eigenvalue weighted by molar-refractivity contribution is 5.77. The zero-order chi connectivity index (χ0) is 18.6. The average molecular weight is 369 g/mol. The molecule has 1 fully saturated rings. The van der Waals surface area contributed by atoms with Crippen molar-refractivity contribution in [2.75, 3.05) is 46.4 Å². The van der Waals surface area contributed by atoms with Gasteiger partial charge in [0.05, 0.1) is 26.0 Å². The first-order chi connectivity index (χ1) is 13.2. The summed E-state index contributed by atoms with van der Waals surface area (Å²) in [4.78, 5) is 18.9. The summed E-state index contributed by atoms with van der Waals surface area (Å²) in [7, 11) is 1.83. The van der Waals surface area contributed by atoms with E-state index >= 15 is 0 Å². The van der Waals surface area contributed by atoms with Crippen LogP contribution in [0.5, 0.6) is 5.75 Å². The zero-order valence-electron chi connectivity index (χ0n) is 15.9. The van der Waals surface area contributed by atoms with E-state index in [2.05, 4.69) is 28.0 Å². The van der Waals surface area contributed by atoms with E-state index in [1.807, 2.05) is 19.2 Å². The minimum absolute atomic E-state index is 0.137. The molecular formula is C21H27N3O3. The van der Waals surface area contributed by atoms with Crippen molar-refractivity contribution in [3.05, 3.63) is 53.5 Å². The Kier molecular flexibility index (Phi) is 5.45. The summed E-state index contributed by atoms with van der Waals surface area (Å²) < 4.78 is 10.9. The molecule has 0 N–H and O–H groups in total. The Bertz CT molecular complexity index is 767. The number of ether oxygens (including phenoxy) is 1. The number of piperazine rings is 1. The largest absolute Gasteiger partial charge is 0.493 e. The summed E-state index contributed by atoms with van der Waals surface area (Å²) in [5, 5.41) is 0. The van der Waals surface area contributed by atoms with Crippen LogP contribution >= 0.6 is 0 Å². The third-order valence-electron chi connectivity index (χ3n) is 5.38. The van der Waals surface area contributed by atoms with E-state index in [4.69, 9.17) is 9.15 Å². The Labute approximate surface area is 160 Å². The highest BCUT2D eigenvalue weighted by Crippen LogP contribution is 2.26. The van der Waals surface area contributed by atoms with Crippen molar-refractivity contribution >= 4 is 5.91 Å². The number of hydrogen-bond acceptors (Lipinski definition) is 5. The summed E-state index contributed by atoms with van der Waals surface area (Å²) >= 11 is 0. The van der Waals surface area contributed by atoms with E-state index in [0.29, 0.717) is 13.1 Å². The molecule has 1 aromatic heterocycles. The molecule has 6 nitrogen and oxygen atoms in total. The van der Waals surface area contributed by atoms with Crippen molar-refractivity contribution in [3.8, 4) is 5.75 Å². The third-order valence-corrected chi connectivity index (χ3v) is 5.38. The molecule has 0 aliphatic carbocycles. The van der Waals surface area contributed by atoms with E-state index in [0.717, 1.165) is 57.3 Å². The number of nitrogens with zero attached hydrogens (tertiary/aromatic N) is 3. The van der Waals surface area contributed by atoms with Crippen LogP contribution in [0.4, 0.5) is 0 Å². The summed E-state index contributed by atoms with van der Waals surface area (Å²) in [5.41, 5.74) is 2.68. The van der Waals surface area contributed by atoms with Crippen LogP contribution in [0, 0.1) is 0 Å². The standard InChI is InChI=1S/C21H27N3O3/c1-22(15-19-3-2-11-26-19)21(25)16-24-9-7-23(8-10-24)14-17-4-5-20-18(13-17)6-12-27-20/h2-5,11,13H,6-10,12,14-16H2,1H3. The summed E-state index contributed by atoms with van der Waals surface area (Å²) in [5.74, 6) is 2.00. The number of carbonyl (C=O) groups is 1. The molecule has 6 heteroatoms. The maximum absolute atomic E-state index is 12.4. The van der Waals surface area contributed by atoms with Gasteiger partial charge in [0.25, 0.3) is 0 Å². The van der Waals surface area contributed by atoms with Gasteiger partial charge in [-0.3, -0.25) is 14.6 Å². The SMILES string of the molecule is CN(Cc1ccco1)C(=O)CN1CCN(Cc2ccc3c(c2)CCO3)CC1. The van der Waals surface area contributed by atoms with Crippen LogP contribution in [-0.2, 0) is 24.3 Å². The quantitative estimate of drug-likeness (QED) is 0.779. The number of amides is 1. The van der Waals surface area contributed by atoms with Crippen LogP contribution < -0.4 is 4.74 Å². The van der Waals surface area contributed by atoms with Gasteiger partial charge in [-0.1, -0.05) is 12.1 Å². The first kappa shape index (κ1) is 18.1. The number of furan rings is 1. The Balaban J connectivity index is 1.22. The van der Waals surface area contributed by atoms with Gasteiger partial charge in [-0.15, -0.1) is 0 Å². The molecule has 0 atom stereocenters. The predicted octanol–water partition coefficient (Wildman–Crippen LogP) is 1.99. The second kappa shape index (κ2) is 8.15. The number of benzene rings is 1. The first-order valence-electron chi connectivity index (χ1n) is 9.63. The molecule has 3 heterocycles. The lowest BCUT2D eigenvalue weighted by molar-refractivity contribution is -0.132. The van der Waals surface area contributed by atoms with Gasteiger partial charge in [0.2, 0.25) is 5.91 Å². The molecule has 144 valence electrons. The fourth-order valence-corrected chi connectivity index (χ4v) is 3.74. The van der Waals surface area contributed by atoms with Crippen molar-refractivity contribution in [1.82, 2.24) is 14.7 Å². The van der Waals surface area contributed by atoms with Crippen LogP contribution in [0.1, 0.15) is 16.9 Å². The summed E-state index contributed by atoms with van der Waals surface area (Å²) in [6.07, 6.45) is 2.66. The van der Waals surface area contributed by atoms with E-state index < -0.39 is 0 Å². The van der Waals surface area contributed by atoms with E-state index in [9.17, 15) is 4.79 Å². The smallest absolute Gasteiger partial charge is 0.236 e. The molecule has 0 spiro atoms. The molecule has 0 unspecified atom stereocenters. The monoisotopic (exact) mass is 369 g/mol. The van der Waals surface area contributed by atoms with Crippen LogP contribution in [0.25, 0.3) is 0 Å². The molecule has 0 saturated carbocycles. The maximum atomic E-state index is 12.4. The number of hydrogen-bond donors (Lipinski definition) is 0. The Hall–Kier alpha value is -2.31. The van der Waals surface area contributed by atoms with Crippen molar-refractivity contribution in [1.29, 1.82) is 0 Å². The fourth-order valence-electron chi connectivity index (χ4n) is 3.74. The molecule has 2 aliphatic heterocycles. The molecule has 2 aromatic rings. The zero-order valence-corrected chi connectivity index (χ0v) is 15.9. The molecule has 2 aliphatic rings. The first-order valence-corrected chi connectivity index (χ1v) is 9.63. The Morgan fingerprint density at radius 3 is 2.74 bits per heavy atom. The van der Waals surface area contributed by atoms with Crippen molar-refractivity contribution in [2.24, 2.45) is 0 Å². The Morgan fingerprint density at radius 1 is 1.15 bits per heavy atom. The van der Waals surface area contributed by atoms with Gasteiger partial charge in [0.15, 0.2) is 0 Å². The van der Waals surface area contributed by atoms with Gasteiger partial charge in [-0.25, -0.2) is 0 Å². The minimum Gasteiger partial charge on any atom is -0.493 e. The lowest BCUT2D eigenvalue weighted by Gasteiger charge is -2.35. The molecule has 4 rings (SSSR count). The fraction of sp³-hybridized carbons (Fsp3) is 0.476. The second-order valence-corrected chi connectivity index (χ2v) is 7.42. The lowest BCUT2D eigenvalue weighted by atomic mass is 10.1. The van der Waals surface area contributed by atoms with Crippen molar-refractivity contribution < 1.29 is 13.9 Å². The molecule has 1 amide bonds. The van der Waals surface area contributed by atoms with Crippen LogP contribution in [-0.4, -0.2) is 67.0 Å². The van der Waals surface area contributed by atoms with E-state index in [1.165, 1.54) is 11.1 Å². The van der Waals surface area contributed by atoms with Crippen LogP contribution in [0.3, 0.4) is 0 Å². The predicted molar refractivity (Wildman–Crippen MR) is 103 cm³/mol. The van der Waals surface area contributed by atoms with Gasteiger partial charge < -0.3 is 14.1 Å². The second-order valence-electron chi connectivity index (χ2n) is 7.42. The average Bonchev–Trinajstić information content (AvgIpc) is 3.34. The molecule has 1 saturated heterocycles. The lowest BCUT2D eigenvalue weighted by Crippen LogP contribution is -2.49. The summed E-state index contributed by atoms with van der Waals surface area (Å²) in [6.45, 7) is 6.59. The van der Waals surface area contributed by atoms with E-state index in [1.54, 1.807) is 11.2 Å². The number of rotatable bonds is 6. The van der Waals surface area contributed by atoms with Crippen LogP contribution in [0.15, 0.2) is 41.0 Å². The number of likely N-dealkylation sites (N-methyl/N-ethyl adjacent to an activating group) is 1. The Morgan fingerprint density at radius 2 is 1.96 bits per heavy atom. The van der Waals surface area contributed by atoms with Gasteiger partial charge in [-0.2, -0.15) is 0 Å². The highest BCUT2D eigenvalue weighted by atomic mass is 16.5. The molecule has 1 aromatic carbocycles. The molecule has 0 radical (unpaired) electrons. The van der Waals surface area contributed by atoms with Crippen LogP contribution in [0.2, 0.25) is 0 Å². The third kappa shape index (κ3) is 4.51. The minimum atomic E-state index is 0.137. The topological polar surface area (TPSA) is 49.2 Å². The van der Waals surface area contributed by atoms with Gasteiger partial charge >= 0.3 is 0 Å². The molecular weight excluding hydrogens is 342 g/mol. The van der Waals surface area contributed by atoms with E-state index in [-0.39, 0.29) is 5.91 Å². The van der Waals surface area contributed by atoms with Crippen molar-refractivity contribution in [3.63, 3.8) is 0 Å². The van der Waals surface area contributed by atoms with Crippen molar-refractivity contribution in [2.45, 2.75) is 19.5 Å². The normalized spacial score (nSPS) is 17.5. The maximum Gasteiger partial charge on any atom is 0.236 e. The number of carbonyl (C=O) groups excluding carboxylic acids is 1. The van der Waals surface area contributed by atoms with Gasteiger partial charge in [0, 0.05) is 46.2 Å². The highest BCUT2D eigenvalue weighted by Gasteiger charge is 2.21. The van der Waals surface area contributed by atoms with Gasteiger partial charge in [0.1, 0.15) is 11.5 Å². The molecule has 27 heavy (non-hydrogen) atoms. The number of fused-ring (bicyclic) bond motifs is 1. The molecule has 0 bridgehead atoms. The summed E-state index contributed by atoms with van der Waals surface area (Å²) in [6, 6.07) is 10.3. The van der Waals surface area contributed by atoms with Gasteiger partial charge in [-0.05, 0) is 29.3 Å².